The molecule has 0 atom stereocenters. The summed E-state index contributed by atoms with van der Waals surface area (Å²) in [6.45, 7) is 1.02. The zero-order valence-corrected chi connectivity index (χ0v) is 16.2. The normalized spacial score (nSPS) is 12.9. The van der Waals surface area contributed by atoms with Crippen LogP contribution in [0.1, 0.15) is 11.1 Å². The first-order valence-electron chi connectivity index (χ1n) is 9.48. The molecule has 29 heavy (non-hydrogen) atoms. The molecule has 3 aromatic rings. The number of hydrogen-bond donors (Lipinski definition) is 1. The molecule has 1 N–H and O–H groups in total. The number of hydrogen-bond acceptors (Lipinski definition) is 4. The molecule has 6 nitrogen and oxygen atoms in total. The third kappa shape index (κ3) is 4.32. The van der Waals surface area contributed by atoms with Crippen LogP contribution in [0.3, 0.4) is 0 Å². The van der Waals surface area contributed by atoms with Gasteiger partial charge in [0.2, 0.25) is 0 Å². The fourth-order valence-corrected chi connectivity index (χ4v) is 3.52. The first-order chi connectivity index (χ1) is 14.1. The number of amides is 2. The van der Waals surface area contributed by atoms with Crippen molar-refractivity contribution >= 4 is 28.5 Å². The van der Waals surface area contributed by atoms with E-state index in [2.05, 4.69) is 5.32 Å². The lowest BCUT2D eigenvalue weighted by Crippen LogP contribution is -2.35. The molecule has 6 heteroatoms. The van der Waals surface area contributed by atoms with Crippen LogP contribution in [0.2, 0.25) is 0 Å². The van der Waals surface area contributed by atoms with Gasteiger partial charge in [0.25, 0.3) is 5.91 Å². The fourth-order valence-electron chi connectivity index (χ4n) is 3.52. The molecule has 1 heterocycles. The minimum absolute atomic E-state index is 0.0797. The van der Waals surface area contributed by atoms with Gasteiger partial charge in [-0.05, 0) is 52.6 Å². The number of fused-ring (bicyclic) bond motifs is 2. The van der Waals surface area contributed by atoms with Crippen molar-refractivity contribution in [2.75, 3.05) is 25.6 Å². The summed E-state index contributed by atoms with van der Waals surface area (Å²) >= 11 is 0. The predicted octanol–water partition coefficient (Wildman–Crippen LogP) is 3.98. The molecule has 1 aliphatic rings. The molecule has 0 radical (unpaired) electrons. The van der Waals surface area contributed by atoms with Crippen molar-refractivity contribution in [3.8, 4) is 5.75 Å². The summed E-state index contributed by atoms with van der Waals surface area (Å²) < 4.78 is 10.4. The Bertz CT molecular complexity index is 1060. The number of rotatable bonds is 4. The monoisotopic (exact) mass is 390 g/mol. The molecule has 4 rings (SSSR count). The van der Waals surface area contributed by atoms with Gasteiger partial charge in [0.05, 0.1) is 7.11 Å². The number of anilines is 1. The van der Waals surface area contributed by atoms with Crippen molar-refractivity contribution in [1.82, 2.24) is 4.90 Å². The van der Waals surface area contributed by atoms with Crippen LogP contribution in [0, 0.1) is 0 Å². The Hall–Kier alpha value is -3.54. The highest BCUT2D eigenvalue weighted by atomic mass is 16.5. The number of carbonyl (C=O) groups is 2. The average Bonchev–Trinajstić information content (AvgIpc) is 2.76. The van der Waals surface area contributed by atoms with Crippen molar-refractivity contribution in [3.63, 3.8) is 0 Å². The van der Waals surface area contributed by atoms with E-state index in [1.807, 2.05) is 60.7 Å². The Morgan fingerprint density at radius 2 is 1.83 bits per heavy atom. The standard InChI is InChI=1S/C23H22N2O4/c1-28-23(27)25-11-10-17-6-8-20(12-19(17)14-25)24-22(26)15-29-21-9-7-16-4-2-3-5-18(16)13-21/h2-9,12-13H,10-11,14-15H2,1H3,(H,24,26). The molecule has 0 unspecified atom stereocenters. The van der Waals surface area contributed by atoms with Crippen molar-refractivity contribution in [1.29, 1.82) is 0 Å². The summed E-state index contributed by atoms with van der Waals surface area (Å²) in [4.78, 5) is 25.7. The van der Waals surface area contributed by atoms with Crippen molar-refractivity contribution < 1.29 is 19.1 Å². The van der Waals surface area contributed by atoms with Crippen LogP contribution in [-0.4, -0.2) is 37.2 Å². The number of methoxy groups -OCH3 is 1. The molecule has 148 valence electrons. The van der Waals surface area contributed by atoms with Crippen LogP contribution in [0.4, 0.5) is 10.5 Å². The number of carbonyl (C=O) groups excluding carboxylic acids is 2. The summed E-state index contributed by atoms with van der Waals surface area (Å²) in [5.74, 6) is 0.414. The van der Waals surface area contributed by atoms with E-state index < -0.39 is 0 Å². The van der Waals surface area contributed by atoms with Crippen LogP contribution in [0.15, 0.2) is 60.7 Å². The molecule has 0 aromatic heterocycles. The Morgan fingerprint density at radius 3 is 2.66 bits per heavy atom. The van der Waals surface area contributed by atoms with Crippen LogP contribution >= 0.6 is 0 Å². The number of ether oxygens (including phenoxy) is 2. The van der Waals surface area contributed by atoms with E-state index in [1.165, 1.54) is 12.7 Å². The van der Waals surface area contributed by atoms with Crippen LogP contribution in [0.5, 0.6) is 5.75 Å². The summed E-state index contributed by atoms with van der Waals surface area (Å²) in [6.07, 6.45) is 0.429. The van der Waals surface area contributed by atoms with Gasteiger partial charge in [-0.3, -0.25) is 4.79 Å². The maximum absolute atomic E-state index is 12.3. The lowest BCUT2D eigenvalue weighted by atomic mass is 9.99. The zero-order valence-electron chi connectivity index (χ0n) is 16.2. The minimum atomic E-state index is -0.339. The quantitative estimate of drug-likeness (QED) is 0.732. The lowest BCUT2D eigenvalue weighted by molar-refractivity contribution is -0.118. The van der Waals surface area contributed by atoms with Gasteiger partial charge in [-0.2, -0.15) is 0 Å². The van der Waals surface area contributed by atoms with Gasteiger partial charge in [0, 0.05) is 18.8 Å². The number of nitrogens with zero attached hydrogens (tertiary/aromatic N) is 1. The van der Waals surface area contributed by atoms with Gasteiger partial charge in [0.1, 0.15) is 5.75 Å². The summed E-state index contributed by atoms with van der Waals surface area (Å²) in [6, 6.07) is 19.5. The molecule has 0 bridgehead atoms. The Labute approximate surface area is 169 Å². The van der Waals surface area contributed by atoms with E-state index in [9.17, 15) is 9.59 Å². The summed E-state index contributed by atoms with van der Waals surface area (Å²) in [5, 5.41) is 5.05. The third-order valence-corrected chi connectivity index (χ3v) is 5.03. The van der Waals surface area contributed by atoms with Crippen molar-refractivity contribution in [2.45, 2.75) is 13.0 Å². The van der Waals surface area contributed by atoms with Crippen LogP contribution in [-0.2, 0) is 22.5 Å². The molecule has 0 saturated carbocycles. The van der Waals surface area contributed by atoms with Crippen molar-refractivity contribution in [3.05, 3.63) is 71.8 Å². The highest BCUT2D eigenvalue weighted by Crippen LogP contribution is 2.24. The lowest BCUT2D eigenvalue weighted by Gasteiger charge is -2.28. The fraction of sp³-hybridized carbons (Fsp3) is 0.217. The number of nitrogens with one attached hydrogen (secondary N) is 1. The van der Waals surface area contributed by atoms with E-state index in [1.54, 1.807) is 4.90 Å². The highest BCUT2D eigenvalue weighted by molar-refractivity contribution is 5.92. The largest absolute Gasteiger partial charge is 0.484 e. The van der Waals surface area contributed by atoms with Crippen LogP contribution < -0.4 is 10.1 Å². The van der Waals surface area contributed by atoms with Crippen molar-refractivity contribution in [2.24, 2.45) is 0 Å². The minimum Gasteiger partial charge on any atom is -0.484 e. The van der Waals surface area contributed by atoms with Gasteiger partial charge in [-0.1, -0.05) is 36.4 Å². The Kier molecular flexibility index (Phi) is 5.33. The van der Waals surface area contributed by atoms with E-state index in [0.717, 1.165) is 22.8 Å². The third-order valence-electron chi connectivity index (χ3n) is 5.03. The van der Waals surface area contributed by atoms with E-state index in [0.29, 0.717) is 24.5 Å². The topological polar surface area (TPSA) is 67.9 Å². The molecule has 0 saturated heterocycles. The van der Waals surface area contributed by atoms with Gasteiger partial charge < -0.3 is 19.7 Å². The predicted molar refractivity (Wildman–Crippen MR) is 111 cm³/mol. The smallest absolute Gasteiger partial charge is 0.409 e. The van der Waals surface area contributed by atoms with Gasteiger partial charge in [-0.15, -0.1) is 0 Å². The maximum atomic E-state index is 12.3. The second kappa shape index (κ2) is 8.22. The second-order valence-electron chi connectivity index (χ2n) is 6.97. The van der Waals surface area contributed by atoms with Gasteiger partial charge in [0.15, 0.2) is 6.61 Å². The maximum Gasteiger partial charge on any atom is 0.409 e. The van der Waals surface area contributed by atoms with E-state index >= 15 is 0 Å². The molecule has 0 spiro atoms. The first-order valence-corrected chi connectivity index (χ1v) is 9.48. The highest BCUT2D eigenvalue weighted by Gasteiger charge is 2.21. The van der Waals surface area contributed by atoms with E-state index in [4.69, 9.17) is 9.47 Å². The number of benzene rings is 3. The summed E-state index contributed by atoms with van der Waals surface area (Å²) in [7, 11) is 1.38. The molecular formula is C23H22N2O4. The average molecular weight is 390 g/mol. The van der Waals surface area contributed by atoms with Gasteiger partial charge >= 0.3 is 6.09 Å². The van der Waals surface area contributed by atoms with E-state index in [-0.39, 0.29) is 18.6 Å². The second-order valence-corrected chi connectivity index (χ2v) is 6.97. The molecule has 1 aliphatic heterocycles. The van der Waals surface area contributed by atoms with Gasteiger partial charge in [-0.25, -0.2) is 4.79 Å². The van der Waals surface area contributed by atoms with Crippen LogP contribution in [0.25, 0.3) is 10.8 Å². The molecular weight excluding hydrogens is 368 g/mol. The molecule has 2 amide bonds. The molecule has 0 aliphatic carbocycles. The summed E-state index contributed by atoms with van der Waals surface area (Å²) in [5.41, 5.74) is 2.87. The molecule has 3 aromatic carbocycles. The Morgan fingerprint density at radius 1 is 1.00 bits per heavy atom. The molecule has 0 fully saturated rings. The zero-order chi connectivity index (χ0) is 20.2. The SMILES string of the molecule is COC(=O)N1CCc2ccc(NC(=O)COc3ccc4ccccc4c3)cc2C1. The Balaban J connectivity index is 1.37. The first kappa shape index (κ1) is 18.8.